The molecule has 0 saturated carbocycles. The van der Waals surface area contributed by atoms with Gasteiger partial charge in [-0.05, 0) is 60.8 Å². The second-order valence-electron chi connectivity index (χ2n) is 8.78. The highest BCUT2D eigenvalue weighted by molar-refractivity contribution is 7.80. The van der Waals surface area contributed by atoms with Gasteiger partial charge in [-0.25, -0.2) is 4.90 Å². The Morgan fingerprint density at radius 2 is 1.80 bits per heavy atom. The van der Waals surface area contributed by atoms with Gasteiger partial charge in [-0.2, -0.15) is 0 Å². The molecule has 2 N–H and O–H groups in total. The average Bonchev–Trinajstić information content (AvgIpc) is 3.29. The number of thiocarbonyl (C=S) groups is 1. The molecule has 0 bridgehead atoms. The Balaban J connectivity index is 1.49. The molecule has 1 aromatic heterocycles. The number of nitrogens with one attached hydrogen (secondary N) is 2. The van der Waals surface area contributed by atoms with Gasteiger partial charge in [0.15, 0.2) is 5.11 Å². The fourth-order valence-corrected chi connectivity index (χ4v) is 4.81. The van der Waals surface area contributed by atoms with E-state index >= 15 is 0 Å². The monoisotopic (exact) mass is 574 g/mol. The predicted octanol–water partition coefficient (Wildman–Crippen LogP) is 4.78. The molecule has 1 aliphatic rings. The SMILES string of the molecule is COc1ccc(N2C(=O)C(=Cc3cn(CC(=O)Nc4ccc(Cl)cc4)c4ccccc34)C(=O)NC2=S)c(OC)c1. The molecule has 4 aromatic rings. The van der Waals surface area contributed by atoms with Gasteiger partial charge in [0.05, 0.1) is 19.9 Å². The maximum atomic E-state index is 13.7. The summed E-state index contributed by atoms with van der Waals surface area (Å²) in [7, 11) is 2.98. The highest BCUT2D eigenvalue weighted by Gasteiger charge is 2.36. The van der Waals surface area contributed by atoms with Crippen LogP contribution < -0.4 is 25.0 Å². The molecule has 0 unspecified atom stereocenters. The summed E-state index contributed by atoms with van der Waals surface area (Å²) in [5.74, 6) is -0.625. The fourth-order valence-electron chi connectivity index (χ4n) is 4.41. The predicted molar refractivity (Wildman–Crippen MR) is 158 cm³/mol. The van der Waals surface area contributed by atoms with E-state index in [-0.39, 0.29) is 23.1 Å². The molecular formula is C29H23ClN4O5S. The number of halogens is 1. The molecule has 1 fully saturated rings. The lowest BCUT2D eigenvalue weighted by molar-refractivity contribution is -0.122. The summed E-state index contributed by atoms with van der Waals surface area (Å²) in [4.78, 5) is 40.6. The lowest BCUT2D eigenvalue weighted by atomic mass is 10.1. The van der Waals surface area contributed by atoms with Crippen LogP contribution in [0.5, 0.6) is 11.5 Å². The number of amides is 3. The van der Waals surface area contributed by atoms with Gasteiger partial charge in [-0.15, -0.1) is 0 Å². The maximum Gasteiger partial charge on any atom is 0.270 e. The third kappa shape index (κ3) is 5.27. The van der Waals surface area contributed by atoms with Crippen LogP contribution in [0.2, 0.25) is 5.02 Å². The number of nitrogens with zero attached hydrogens (tertiary/aromatic N) is 2. The van der Waals surface area contributed by atoms with Crippen LogP contribution in [0.3, 0.4) is 0 Å². The number of fused-ring (bicyclic) bond motifs is 1. The van der Waals surface area contributed by atoms with Crippen molar-refractivity contribution in [1.29, 1.82) is 0 Å². The third-order valence-corrected chi connectivity index (χ3v) is 6.83. The van der Waals surface area contributed by atoms with Gasteiger partial charge in [0.25, 0.3) is 11.8 Å². The van der Waals surface area contributed by atoms with Crippen molar-refractivity contribution >= 4 is 75.0 Å². The second-order valence-corrected chi connectivity index (χ2v) is 9.60. The fraction of sp³-hybridized carbons (Fsp3) is 0.103. The molecule has 0 radical (unpaired) electrons. The minimum absolute atomic E-state index is 0.00567. The molecule has 0 atom stereocenters. The summed E-state index contributed by atoms with van der Waals surface area (Å²) >= 11 is 11.3. The standard InChI is InChI=1S/C29H23ClN4O5S/c1-38-20-11-12-24(25(14-20)39-2)34-28(37)22(27(36)32-29(34)40)13-17-15-33(23-6-4-3-5-21(17)23)16-26(35)31-19-9-7-18(30)8-10-19/h3-15H,16H2,1-2H3,(H,31,35)(H,32,36,40). The number of hydrogen-bond acceptors (Lipinski definition) is 6. The first kappa shape index (κ1) is 26.9. The molecule has 2 heterocycles. The number of methoxy groups -OCH3 is 2. The summed E-state index contributed by atoms with van der Waals surface area (Å²) in [5, 5.41) is 6.69. The summed E-state index contributed by atoms with van der Waals surface area (Å²) in [6, 6.07) is 19.1. The molecule has 9 nitrogen and oxygen atoms in total. The lowest BCUT2D eigenvalue weighted by Crippen LogP contribution is -2.54. The largest absolute Gasteiger partial charge is 0.497 e. The zero-order chi connectivity index (χ0) is 28.4. The highest BCUT2D eigenvalue weighted by atomic mass is 35.5. The molecule has 11 heteroatoms. The van der Waals surface area contributed by atoms with E-state index in [9.17, 15) is 14.4 Å². The van der Waals surface area contributed by atoms with E-state index < -0.39 is 11.8 Å². The first-order valence-electron chi connectivity index (χ1n) is 12.1. The van der Waals surface area contributed by atoms with Gasteiger partial charge in [0.2, 0.25) is 5.91 Å². The van der Waals surface area contributed by atoms with Gasteiger partial charge in [-0.1, -0.05) is 29.8 Å². The van der Waals surface area contributed by atoms with E-state index in [1.807, 2.05) is 24.3 Å². The van der Waals surface area contributed by atoms with Crippen molar-refractivity contribution in [1.82, 2.24) is 9.88 Å². The molecule has 202 valence electrons. The van der Waals surface area contributed by atoms with Crippen molar-refractivity contribution in [3.05, 3.63) is 89.1 Å². The summed E-state index contributed by atoms with van der Waals surface area (Å²) < 4.78 is 12.5. The first-order valence-corrected chi connectivity index (χ1v) is 12.8. The van der Waals surface area contributed by atoms with Crippen LogP contribution in [0.1, 0.15) is 5.56 Å². The Hall–Kier alpha value is -4.67. The van der Waals surface area contributed by atoms with Crippen molar-refractivity contribution in [2.45, 2.75) is 6.54 Å². The molecule has 0 spiro atoms. The second kappa shape index (κ2) is 11.2. The van der Waals surface area contributed by atoms with E-state index in [1.165, 1.54) is 25.2 Å². The quantitative estimate of drug-likeness (QED) is 0.187. The Morgan fingerprint density at radius 3 is 2.52 bits per heavy atom. The summed E-state index contributed by atoms with van der Waals surface area (Å²) in [6.07, 6.45) is 3.23. The molecule has 5 rings (SSSR count). The minimum atomic E-state index is -0.629. The molecule has 40 heavy (non-hydrogen) atoms. The van der Waals surface area contributed by atoms with Crippen molar-refractivity contribution in [2.24, 2.45) is 0 Å². The number of aromatic nitrogens is 1. The van der Waals surface area contributed by atoms with Gasteiger partial charge < -0.3 is 19.4 Å². The number of ether oxygens (including phenoxy) is 2. The Morgan fingerprint density at radius 1 is 1.05 bits per heavy atom. The van der Waals surface area contributed by atoms with Crippen LogP contribution in [0.15, 0.2) is 78.5 Å². The van der Waals surface area contributed by atoms with Crippen molar-refractivity contribution in [2.75, 3.05) is 24.4 Å². The number of para-hydroxylation sites is 1. The summed E-state index contributed by atoms with van der Waals surface area (Å²) in [6.45, 7) is 0.00567. The number of carbonyl (C=O) groups is 3. The number of rotatable bonds is 7. The molecular weight excluding hydrogens is 552 g/mol. The highest BCUT2D eigenvalue weighted by Crippen LogP contribution is 2.35. The first-order chi connectivity index (χ1) is 19.3. The van der Waals surface area contributed by atoms with Gasteiger partial charge >= 0.3 is 0 Å². The molecule has 3 aromatic carbocycles. The Labute approximate surface area is 239 Å². The van der Waals surface area contributed by atoms with E-state index in [1.54, 1.807) is 53.2 Å². The van der Waals surface area contributed by atoms with Crippen LogP contribution in [0.4, 0.5) is 11.4 Å². The zero-order valence-corrected chi connectivity index (χ0v) is 23.0. The Bertz CT molecular complexity index is 1700. The number of benzene rings is 3. The lowest BCUT2D eigenvalue weighted by Gasteiger charge is -2.30. The van der Waals surface area contributed by atoms with Crippen molar-refractivity contribution in [3.63, 3.8) is 0 Å². The van der Waals surface area contributed by atoms with E-state index in [0.717, 1.165) is 10.9 Å². The zero-order valence-electron chi connectivity index (χ0n) is 21.4. The topological polar surface area (TPSA) is 102 Å². The van der Waals surface area contributed by atoms with Crippen LogP contribution >= 0.6 is 23.8 Å². The number of anilines is 2. The number of hydrogen-bond donors (Lipinski definition) is 2. The van der Waals surface area contributed by atoms with Crippen molar-refractivity contribution < 1.29 is 23.9 Å². The number of carbonyl (C=O) groups excluding carboxylic acids is 3. The van der Waals surface area contributed by atoms with Crippen LogP contribution in [0, 0.1) is 0 Å². The average molecular weight is 575 g/mol. The van der Waals surface area contributed by atoms with Crippen molar-refractivity contribution in [3.8, 4) is 11.5 Å². The molecule has 1 saturated heterocycles. The van der Waals surface area contributed by atoms with E-state index in [0.29, 0.717) is 33.5 Å². The third-order valence-electron chi connectivity index (χ3n) is 6.29. The van der Waals surface area contributed by atoms with Gasteiger partial charge in [0, 0.05) is 39.4 Å². The van der Waals surface area contributed by atoms with Gasteiger partial charge in [-0.3, -0.25) is 19.7 Å². The molecule has 1 aliphatic heterocycles. The minimum Gasteiger partial charge on any atom is -0.497 e. The Kier molecular flexibility index (Phi) is 7.54. The molecule has 0 aliphatic carbocycles. The van der Waals surface area contributed by atoms with Crippen LogP contribution in [-0.2, 0) is 20.9 Å². The van der Waals surface area contributed by atoms with Gasteiger partial charge in [0.1, 0.15) is 23.6 Å². The summed E-state index contributed by atoms with van der Waals surface area (Å²) in [5.41, 5.74) is 2.18. The molecule has 3 amide bonds. The van der Waals surface area contributed by atoms with E-state index in [4.69, 9.17) is 33.3 Å². The van der Waals surface area contributed by atoms with Crippen LogP contribution in [-0.4, -0.2) is 41.6 Å². The maximum absolute atomic E-state index is 13.7. The smallest absolute Gasteiger partial charge is 0.270 e. The van der Waals surface area contributed by atoms with E-state index in [2.05, 4.69) is 10.6 Å². The van der Waals surface area contributed by atoms with Crippen LogP contribution in [0.25, 0.3) is 17.0 Å². The normalized spacial score (nSPS) is 14.4.